The lowest BCUT2D eigenvalue weighted by Crippen LogP contribution is -2.27. The van der Waals surface area contributed by atoms with E-state index in [4.69, 9.17) is 4.42 Å². The molecule has 0 aliphatic carbocycles. The summed E-state index contributed by atoms with van der Waals surface area (Å²) < 4.78 is 5.63. The van der Waals surface area contributed by atoms with Gasteiger partial charge in [0.15, 0.2) is 0 Å². The molecule has 7 heteroatoms. The minimum absolute atomic E-state index is 0.0813. The summed E-state index contributed by atoms with van der Waals surface area (Å²) in [5.41, 5.74) is 2.54. The Morgan fingerprint density at radius 3 is 2.73 bits per heavy atom. The van der Waals surface area contributed by atoms with Crippen molar-refractivity contribution in [1.29, 1.82) is 0 Å². The Hall–Kier alpha value is -3.48. The van der Waals surface area contributed by atoms with Crippen LogP contribution in [0.15, 0.2) is 59.0 Å². The van der Waals surface area contributed by atoms with Crippen molar-refractivity contribution in [1.82, 2.24) is 25.7 Å². The maximum Gasteiger partial charge on any atom is 0.247 e. The summed E-state index contributed by atoms with van der Waals surface area (Å²) in [6.45, 7) is 0.432. The summed E-state index contributed by atoms with van der Waals surface area (Å²) in [6, 6.07) is 17.3. The predicted octanol–water partition coefficient (Wildman–Crippen LogP) is 2.51. The van der Waals surface area contributed by atoms with Crippen molar-refractivity contribution in [2.45, 2.75) is 12.8 Å². The SMILES string of the molecule is O=C(Cc1[nH]nc2ccccc12)NCCc1nnc(-c2ccccc2)o1. The third kappa shape index (κ3) is 3.46. The molecule has 7 nitrogen and oxygen atoms in total. The van der Waals surface area contributed by atoms with Crippen LogP contribution >= 0.6 is 0 Å². The zero-order chi connectivity index (χ0) is 17.8. The molecule has 0 bridgehead atoms. The fourth-order valence-corrected chi connectivity index (χ4v) is 2.73. The number of rotatable bonds is 6. The number of aromatic nitrogens is 4. The van der Waals surface area contributed by atoms with Gasteiger partial charge in [-0.2, -0.15) is 5.10 Å². The monoisotopic (exact) mass is 347 g/mol. The lowest BCUT2D eigenvalue weighted by atomic mass is 10.1. The van der Waals surface area contributed by atoms with Crippen LogP contribution in [-0.2, 0) is 17.6 Å². The summed E-state index contributed by atoms with van der Waals surface area (Å²) in [5, 5.41) is 19.0. The molecular weight excluding hydrogens is 330 g/mol. The van der Waals surface area contributed by atoms with Crippen molar-refractivity contribution in [2.24, 2.45) is 0 Å². The first kappa shape index (κ1) is 16.0. The summed E-state index contributed by atoms with van der Waals surface area (Å²) in [5.74, 6) is 0.897. The number of nitrogens with one attached hydrogen (secondary N) is 2. The summed E-state index contributed by atoms with van der Waals surface area (Å²) in [7, 11) is 0. The molecule has 0 aliphatic heterocycles. The Bertz CT molecular complexity index is 1020. The average Bonchev–Trinajstić information content (AvgIpc) is 3.30. The van der Waals surface area contributed by atoms with Crippen LogP contribution in [0.2, 0.25) is 0 Å². The van der Waals surface area contributed by atoms with Crippen LogP contribution in [0.5, 0.6) is 0 Å². The lowest BCUT2D eigenvalue weighted by molar-refractivity contribution is -0.120. The second-order valence-corrected chi connectivity index (χ2v) is 5.86. The molecule has 2 heterocycles. The minimum Gasteiger partial charge on any atom is -0.421 e. The number of hydrogen-bond donors (Lipinski definition) is 2. The maximum atomic E-state index is 12.1. The quantitative estimate of drug-likeness (QED) is 0.559. The smallest absolute Gasteiger partial charge is 0.247 e. The van der Waals surface area contributed by atoms with Gasteiger partial charge in [0.05, 0.1) is 17.6 Å². The van der Waals surface area contributed by atoms with Crippen LogP contribution in [-0.4, -0.2) is 32.8 Å². The van der Waals surface area contributed by atoms with Gasteiger partial charge in [-0.1, -0.05) is 36.4 Å². The van der Waals surface area contributed by atoms with Crippen LogP contribution in [0.4, 0.5) is 0 Å². The van der Waals surface area contributed by atoms with Gasteiger partial charge in [-0.15, -0.1) is 10.2 Å². The molecule has 4 aromatic rings. The second kappa shape index (κ2) is 7.18. The van der Waals surface area contributed by atoms with Crippen LogP contribution in [0.1, 0.15) is 11.6 Å². The molecule has 0 spiro atoms. The van der Waals surface area contributed by atoms with Gasteiger partial charge < -0.3 is 9.73 Å². The van der Waals surface area contributed by atoms with E-state index in [-0.39, 0.29) is 12.3 Å². The molecule has 0 atom stereocenters. The number of carbonyl (C=O) groups is 1. The van der Waals surface area contributed by atoms with Crippen LogP contribution in [0.25, 0.3) is 22.4 Å². The van der Waals surface area contributed by atoms with Crippen molar-refractivity contribution in [3.63, 3.8) is 0 Å². The summed E-state index contributed by atoms with van der Waals surface area (Å²) >= 11 is 0. The lowest BCUT2D eigenvalue weighted by Gasteiger charge is -2.02. The van der Waals surface area contributed by atoms with Crippen molar-refractivity contribution >= 4 is 16.8 Å². The number of H-pyrrole nitrogens is 1. The van der Waals surface area contributed by atoms with Crippen LogP contribution < -0.4 is 5.32 Å². The first-order valence-electron chi connectivity index (χ1n) is 8.36. The normalized spacial score (nSPS) is 10.9. The van der Waals surface area contributed by atoms with E-state index in [1.54, 1.807) is 0 Å². The van der Waals surface area contributed by atoms with Crippen LogP contribution in [0.3, 0.4) is 0 Å². The molecule has 130 valence electrons. The molecule has 2 aromatic carbocycles. The standard InChI is InChI=1S/C19H17N5O2/c25-17(12-16-14-8-4-5-9-15(14)21-22-16)20-11-10-18-23-24-19(26-18)13-6-2-1-3-7-13/h1-9H,10-12H2,(H,20,25)(H,21,22). The van der Waals surface area contributed by atoms with Crippen molar-refractivity contribution in [3.05, 3.63) is 66.2 Å². The topological polar surface area (TPSA) is 96.7 Å². The molecule has 1 amide bonds. The molecule has 0 saturated carbocycles. The number of aromatic amines is 1. The Morgan fingerprint density at radius 1 is 1.04 bits per heavy atom. The third-order valence-electron chi connectivity index (χ3n) is 4.03. The van der Waals surface area contributed by atoms with Gasteiger partial charge in [0, 0.05) is 23.9 Å². The van der Waals surface area contributed by atoms with E-state index in [1.165, 1.54) is 0 Å². The highest BCUT2D eigenvalue weighted by Crippen LogP contribution is 2.17. The number of hydrogen-bond acceptors (Lipinski definition) is 5. The first-order valence-corrected chi connectivity index (χ1v) is 8.36. The van der Waals surface area contributed by atoms with E-state index in [0.717, 1.165) is 22.2 Å². The fraction of sp³-hybridized carbons (Fsp3) is 0.158. The molecule has 2 N–H and O–H groups in total. The molecule has 4 rings (SSSR count). The Kier molecular flexibility index (Phi) is 4.42. The van der Waals surface area contributed by atoms with E-state index < -0.39 is 0 Å². The van der Waals surface area contributed by atoms with E-state index in [1.807, 2.05) is 54.6 Å². The van der Waals surface area contributed by atoms with Gasteiger partial charge in [0.25, 0.3) is 0 Å². The van der Waals surface area contributed by atoms with Gasteiger partial charge in [-0.25, -0.2) is 0 Å². The van der Waals surface area contributed by atoms with E-state index in [2.05, 4.69) is 25.7 Å². The second-order valence-electron chi connectivity index (χ2n) is 5.86. The number of fused-ring (bicyclic) bond motifs is 1. The highest BCUT2D eigenvalue weighted by atomic mass is 16.4. The molecule has 0 saturated heterocycles. The number of carbonyl (C=O) groups excluding carboxylic acids is 1. The highest BCUT2D eigenvalue weighted by Gasteiger charge is 2.11. The molecule has 26 heavy (non-hydrogen) atoms. The zero-order valence-electron chi connectivity index (χ0n) is 14.0. The number of benzene rings is 2. The van der Waals surface area contributed by atoms with Crippen LogP contribution in [0, 0.1) is 0 Å². The van der Waals surface area contributed by atoms with Crippen molar-refractivity contribution < 1.29 is 9.21 Å². The number of amides is 1. The van der Waals surface area contributed by atoms with Crippen molar-refractivity contribution in [3.8, 4) is 11.5 Å². The summed E-state index contributed by atoms with van der Waals surface area (Å²) in [6.07, 6.45) is 0.731. The van der Waals surface area contributed by atoms with E-state index in [9.17, 15) is 4.79 Å². The minimum atomic E-state index is -0.0813. The number of nitrogens with zero attached hydrogens (tertiary/aromatic N) is 3. The predicted molar refractivity (Wildman–Crippen MR) is 96.2 cm³/mol. The van der Waals surface area contributed by atoms with Gasteiger partial charge in [-0.05, 0) is 18.2 Å². The zero-order valence-corrected chi connectivity index (χ0v) is 14.0. The largest absolute Gasteiger partial charge is 0.421 e. The third-order valence-corrected chi connectivity index (χ3v) is 4.03. The molecule has 0 aliphatic rings. The Labute approximate surface area is 149 Å². The van der Waals surface area contributed by atoms with Gasteiger partial charge in [-0.3, -0.25) is 9.89 Å². The molecule has 2 aromatic heterocycles. The Balaban J connectivity index is 1.31. The van der Waals surface area contributed by atoms with E-state index in [0.29, 0.717) is 24.7 Å². The molecule has 0 unspecified atom stereocenters. The summed E-state index contributed by atoms with van der Waals surface area (Å²) in [4.78, 5) is 12.1. The fourth-order valence-electron chi connectivity index (χ4n) is 2.73. The highest BCUT2D eigenvalue weighted by molar-refractivity contribution is 5.87. The Morgan fingerprint density at radius 2 is 1.85 bits per heavy atom. The van der Waals surface area contributed by atoms with E-state index >= 15 is 0 Å². The molecular formula is C19H17N5O2. The van der Waals surface area contributed by atoms with Gasteiger partial charge in [0.2, 0.25) is 17.7 Å². The maximum absolute atomic E-state index is 12.1. The number of para-hydroxylation sites is 1. The van der Waals surface area contributed by atoms with Crippen molar-refractivity contribution in [2.75, 3.05) is 6.54 Å². The van der Waals surface area contributed by atoms with Gasteiger partial charge >= 0.3 is 0 Å². The molecule has 0 radical (unpaired) electrons. The first-order chi connectivity index (χ1) is 12.8. The average molecular weight is 347 g/mol. The van der Waals surface area contributed by atoms with Gasteiger partial charge in [0.1, 0.15) is 0 Å². The molecule has 0 fully saturated rings.